The summed E-state index contributed by atoms with van der Waals surface area (Å²) in [5.74, 6) is 2.14. The molecule has 0 atom stereocenters. The van der Waals surface area contributed by atoms with Crippen LogP contribution in [-0.4, -0.2) is 28.7 Å². The van der Waals surface area contributed by atoms with E-state index in [0.29, 0.717) is 16.9 Å². The number of benzene rings is 2. The van der Waals surface area contributed by atoms with Crippen LogP contribution >= 0.6 is 0 Å². The van der Waals surface area contributed by atoms with Gasteiger partial charge in [0.1, 0.15) is 0 Å². The Morgan fingerprint density at radius 3 is 2.88 bits per heavy atom. The fourth-order valence-corrected chi connectivity index (χ4v) is 2.50. The molecule has 0 saturated heterocycles. The number of hydrogen-bond acceptors (Lipinski definition) is 3. The number of rotatable bonds is 4. The van der Waals surface area contributed by atoms with Gasteiger partial charge in [0, 0.05) is 16.6 Å². The Morgan fingerprint density at radius 1 is 1.23 bits per heavy atom. The van der Waals surface area contributed by atoms with E-state index in [-0.39, 0.29) is 12.5 Å². The lowest BCUT2D eigenvalue weighted by Gasteiger charge is -2.10. The van der Waals surface area contributed by atoms with Gasteiger partial charge < -0.3 is 16.0 Å². The lowest BCUT2D eigenvalue weighted by atomic mass is 10.1. The highest BCUT2D eigenvalue weighted by Gasteiger charge is 2.10. The van der Waals surface area contributed by atoms with Crippen LogP contribution in [0.3, 0.4) is 0 Å². The Kier molecular flexibility index (Phi) is 4.85. The van der Waals surface area contributed by atoms with Crippen LogP contribution in [0.4, 0.5) is 16.2 Å². The fraction of sp³-hybridized carbons (Fsp3) is 0.105. The third kappa shape index (κ3) is 3.82. The van der Waals surface area contributed by atoms with Crippen LogP contribution in [0.1, 0.15) is 11.1 Å². The highest BCUT2D eigenvalue weighted by atomic mass is 16.2. The van der Waals surface area contributed by atoms with Crippen LogP contribution < -0.4 is 16.0 Å². The van der Waals surface area contributed by atoms with E-state index in [1.807, 2.05) is 13.0 Å². The SMILES string of the molecule is C#Cc1cccc(NC(=O)CNC(=O)Nc2ccc(C)c3cn[nH]c23)c1. The van der Waals surface area contributed by atoms with Crippen LogP contribution in [-0.2, 0) is 4.79 Å². The zero-order valence-corrected chi connectivity index (χ0v) is 14.1. The van der Waals surface area contributed by atoms with Gasteiger partial charge in [-0.3, -0.25) is 9.89 Å². The number of amides is 3. The molecule has 0 aliphatic rings. The molecule has 0 saturated carbocycles. The molecule has 130 valence electrons. The highest BCUT2D eigenvalue weighted by Crippen LogP contribution is 2.23. The van der Waals surface area contributed by atoms with Crippen molar-refractivity contribution in [3.63, 3.8) is 0 Å². The summed E-state index contributed by atoms with van der Waals surface area (Å²) in [5, 5.41) is 15.7. The number of fused-ring (bicyclic) bond motifs is 1. The number of hydrogen-bond donors (Lipinski definition) is 4. The molecule has 0 bridgehead atoms. The summed E-state index contributed by atoms with van der Waals surface area (Å²) >= 11 is 0. The smallest absolute Gasteiger partial charge is 0.319 e. The number of terminal acetylenes is 1. The van der Waals surface area contributed by atoms with Gasteiger partial charge in [-0.05, 0) is 36.8 Å². The topological polar surface area (TPSA) is 98.9 Å². The fourth-order valence-electron chi connectivity index (χ4n) is 2.50. The number of carbonyl (C=O) groups excluding carboxylic acids is 2. The van der Waals surface area contributed by atoms with Crippen LogP contribution in [0.2, 0.25) is 0 Å². The van der Waals surface area contributed by atoms with E-state index in [1.54, 1.807) is 36.5 Å². The molecule has 3 rings (SSSR count). The summed E-state index contributed by atoms with van der Waals surface area (Å²) in [6, 6.07) is 10.1. The number of nitrogens with one attached hydrogen (secondary N) is 4. The molecule has 7 heteroatoms. The zero-order valence-electron chi connectivity index (χ0n) is 14.1. The predicted molar refractivity (Wildman–Crippen MR) is 101 cm³/mol. The molecule has 3 aromatic rings. The second-order valence-electron chi connectivity index (χ2n) is 5.67. The first kappa shape index (κ1) is 17.0. The number of carbonyl (C=O) groups is 2. The molecule has 0 fully saturated rings. The van der Waals surface area contributed by atoms with Crippen molar-refractivity contribution >= 4 is 34.2 Å². The monoisotopic (exact) mass is 347 g/mol. The average molecular weight is 347 g/mol. The molecule has 0 radical (unpaired) electrons. The number of aryl methyl sites for hydroxylation is 1. The Hall–Kier alpha value is -3.79. The molecule has 4 N–H and O–H groups in total. The number of urea groups is 1. The predicted octanol–water partition coefficient (Wildman–Crippen LogP) is 2.61. The van der Waals surface area contributed by atoms with Crippen molar-refractivity contribution in [3.8, 4) is 12.3 Å². The third-order valence-corrected chi connectivity index (χ3v) is 3.80. The minimum absolute atomic E-state index is 0.176. The van der Waals surface area contributed by atoms with Crippen molar-refractivity contribution in [1.29, 1.82) is 0 Å². The lowest BCUT2D eigenvalue weighted by Crippen LogP contribution is -2.35. The van der Waals surface area contributed by atoms with E-state index >= 15 is 0 Å². The van der Waals surface area contributed by atoms with Gasteiger partial charge in [0.25, 0.3) is 0 Å². The molecule has 2 aromatic carbocycles. The molecule has 0 spiro atoms. The molecular weight excluding hydrogens is 330 g/mol. The maximum atomic E-state index is 12.1. The first-order valence-corrected chi connectivity index (χ1v) is 7.91. The average Bonchev–Trinajstić information content (AvgIpc) is 3.13. The Labute approximate surface area is 150 Å². The Bertz CT molecular complexity index is 1020. The molecule has 1 heterocycles. The highest BCUT2D eigenvalue weighted by molar-refractivity contribution is 6.02. The van der Waals surface area contributed by atoms with Crippen LogP contribution in [0.15, 0.2) is 42.6 Å². The maximum absolute atomic E-state index is 12.1. The summed E-state index contributed by atoms with van der Waals surface area (Å²) < 4.78 is 0. The molecule has 7 nitrogen and oxygen atoms in total. The van der Waals surface area contributed by atoms with Crippen LogP contribution in [0.5, 0.6) is 0 Å². The maximum Gasteiger partial charge on any atom is 0.319 e. The first-order chi connectivity index (χ1) is 12.6. The van der Waals surface area contributed by atoms with Gasteiger partial charge in [0.2, 0.25) is 5.91 Å². The van der Waals surface area contributed by atoms with Gasteiger partial charge >= 0.3 is 6.03 Å². The lowest BCUT2D eigenvalue weighted by molar-refractivity contribution is -0.115. The number of H-pyrrole nitrogens is 1. The second kappa shape index (κ2) is 7.40. The quantitative estimate of drug-likeness (QED) is 0.546. The molecule has 3 amide bonds. The number of aromatic nitrogens is 2. The van der Waals surface area contributed by atoms with E-state index in [9.17, 15) is 9.59 Å². The van der Waals surface area contributed by atoms with Gasteiger partial charge in [-0.15, -0.1) is 6.42 Å². The minimum atomic E-state index is -0.489. The minimum Gasteiger partial charge on any atom is -0.329 e. The van der Waals surface area contributed by atoms with E-state index in [0.717, 1.165) is 16.5 Å². The molecular formula is C19H17N5O2. The third-order valence-electron chi connectivity index (χ3n) is 3.80. The summed E-state index contributed by atoms with van der Waals surface area (Å²) in [6.45, 7) is 1.78. The summed E-state index contributed by atoms with van der Waals surface area (Å²) in [5.41, 5.74) is 3.61. The van der Waals surface area contributed by atoms with Crippen molar-refractivity contribution in [2.45, 2.75) is 6.92 Å². The Morgan fingerprint density at radius 2 is 2.08 bits per heavy atom. The largest absolute Gasteiger partial charge is 0.329 e. The summed E-state index contributed by atoms with van der Waals surface area (Å²) in [4.78, 5) is 24.0. The molecule has 26 heavy (non-hydrogen) atoms. The van der Waals surface area contributed by atoms with Crippen LogP contribution in [0.25, 0.3) is 10.9 Å². The molecule has 0 unspecified atom stereocenters. The summed E-state index contributed by atoms with van der Waals surface area (Å²) in [7, 11) is 0. The van der Waals surface area contributed by atoms with Gasteiger partial charge in [0.05, 0.1) is 23.9 Å². The van der Waals surface area contributed by atoms with E-state index < -0.39 is 6.03 Å². The van der Waals surface area contributed by atoms with E-state index in [2.05, 4.69) is 32.1 Å². The number of nitrogens with zero attached hydrogens (tertiary/aromatic N) is 1. The number of aromatic amines is 1. The van der Waals surface area contributed by atoms with Gasteiger partial charge in [-0.2, -0.15) is 5.10 Å². The first-order valence-electron chi connectivity index (χ1n) is 7.91. The summed E-state index contributed by atoms with van der Waals surface area (Å²) in [6.07, 6.45) is 7.03. The van der Waals surface area contributed by atoms with Crippen molar-refractivity contribution in [1.82, 2.24) is 15.5 Å². The van der Waals surface area contributed by atoms with E-state index in [4.69, 9.17) is 6.42 Å². The van der Waals surface area contributed by atoms with Crippen molar-refractivity contribution in [2.24, 2.45) is 0 Å². The number of anilines is 2. The van der Waals surface area contributed by atoms with Crippen molar-refractivity contribution in [2.75, 3.05) is 17.2 Å². The second-order valence-corrected chi connectivity index (χ2v) is 5.67. The van der Waals surface area contributed by atoms with Gasteiger partial charge in [-0.25, -0.2) is 4.79 Å². The normalized spacial score (nSPS) is 10.2. The Balaban J connectivity index is 1.56. The molecule has 0 aliphatic carbocycles. The van der Waals surface area contributed by atoms with Crippen LogP contribution in [0, 0.1) is 19.3 Å². The van der Waals surface area contributed by atoms with Crippen molar-refractivity contribution < 1.29 is 9.59 Å². The molecule has 1 aromatic heterocycles. The van der Waals surface area contributed by atoms with Gasteiger partial charge in [0.15, 0.2) is 0 Å². The molecule has 0 aliphatic heterocycles. The van der Waals surface area contributed by atoms with E-state index in [1.165, 1.54) is 0 Å². The van der Waals surface area contributed by atoms with Crippen molar-refractivity contribution in [3.05, 3.63) is 53.7 Å². The zero-order chi connectivity index (χ0) is 18.5. The standard InChI is InChI=1S/C19H17N5O2/c1-3-13-5-4-6-14(9-13)22-17(25)11-20-19(26)23-16-8-7-12(2)15-10-21-24-18(15)16/h1,4-10H,11H2,2H3,(H,21,24)(H,22,25)(H2,20,23,26). The van der Waals surface area contributed by atoms with Gasteiger partial charge in [-0.1, -0.05) is 18.1 Å².